The Morgan fingerprint density at radius 2 is 1.96 bits per heavy atom. The quantitative estimate of drug-likeness (QED) is 0.362. The molecule has 2 unspecified atom stereocenters. The second-order valence-corrected chi connectivity index (χ2v) is 7.84. The number of nitrogens with one attached hydrogen (secondary N) is 1. The van der Waals surface area contributed by atoms with Gasteiger partial charge >= 0.3 is 12.1 Å². The minimum Gasteiger partial charge on any atom is -0.480 e. The minimum atomic E-state index is -1.04. The van der Waals surface area contributed by atoms with Gasteiger partial charge in [-0.05, 0) is 38.8 Å². The summed E-state index contributed by atoms with van der Waals surface area (Å²) < 4.78 is 5.66. The van der Waals surface area contributed by atoms with E-state index >= 15 is 0 Å². The zero-order valence-electron chi connectivity index (χ0n) is 15.5. The number of aromatic amines is 1. The zero-order chi connectivity index (χ0) is 19.5. The molecule has 26 heavy (non-hydrogen) atoms. The molecule has 142 valence electrons. The van der Waals surface area contributed by atoms with Gasteiger partial charge in [0, 0.05) is 23.0 Å². The highest BCUT2D eigenvalue weighted by Crippen LogP contribution is 2.33. The summed E-state index contributed by atoms with van der Waals surface area (Å²) in [7, 11) is 0. The Morgan fingerprint density at radius 1 is 1.31 bits per heavy atom. The van der Waals surface area contributed by atoms with E-state index in [-0.39, 0.29) is 10.5 Å². The topological polar surface area (TPSA) is 82.6 Å². The summed E-state index contributed by atoms with van der Waals surface area (Å²) in [5.41, 5.74) is 1.16. The smallest absolute Gasteiger partial charge is 0.411 e. The Labute approximate surface area is 167 Å². The summed E-state index contributed by atoms with van der Waals surface area (Å²) in [5, 5.41) is 10.9. The van der Waals surface area contributed by atoms with Gasteiger partial charge in [-0.2, -0.15) is 0 Å². The summed E-state index contributed by atoms with van der Waals surface area (Å²) in [6.07, 6.45) is 1.81. The molecule has 0 fully saturated rings. The van der Waals surface area contributed by atoms with Crippen molar-refractivity contribution in [2.75, 3.05) is 4.55 Å². The Morgan fingerprint density at radius 3 is 2.50 bits per heavy atom. The van der Waals surface area contributed by atoms with Crippen molar-refractivity contribution < 1.29 is 19.4 Å². The number of fused-ring (bicyclic) bond motifs is 1. The van der Waals surface area contributed by atoms with Crippen LogP contribution in [-0.2, 0) is 9.53 Å². The van der Waals surface area contributed by atoms with Gasteiger partial charge in [-0.3, -0.25) is 4.90 Å². The molecule has 0 saturated carbocycles. The van der Waals surface area contributed by atoms with Crippen LogP contribution in [0.5, 0.6) is 0 Å². The molecule has 0 aliphatic heterocycles. The molecule has 6 nitrogen and oxygen atoms in total. The molecule has 1 heterocycles. The molecule has 1 aromatic heterocycles. The Hall–Kier alpha value is -1.77. The largest absolute Gasteiger partial charge is 0.480 e. The number of carboxylic acid groups (broad SMARTS) is 1. The van der Waals surface area contributed by atoms with Gasteiger partial charge in [0.05, 0.1) is 4.55 Å². The van der Waals surface area contributed by atoms with E-state index in [1.165, 1.54) is 4.90 Å². The van der Waals surface area contributed by atoms with Crippen LogP contribution in [0.15, 0.2) is 30.5 Å². The van der Waals surface area contributed by atoms with Gasteiger partial charge in [-0.1, -0.05) is 47.7 Å². The highest BCUT2D eigenvalue weighted by molar-refractivity contribution is 14.1. The Bertz CT molecular complexity index is 781. The van der Waals surface area contributed by atoms with Gasteiger partial charge in [0.1, 0.15) is 11.6 Å². The molecular formula is C19H25IN2O4. The summed E-state index contributed by atoms with van der Waals surface area (Å²) >= 11 is 2.00. The number of amides is 1. The van der Waals surface area contributed by atoms with E-state index < -0.39 is 23.7 Å². The maximum Gasteiger partial charge on any atom is 0.411 e. The lowest BCUT2D eigenvalue weighted by Gasteiger charge is -2.34. The lowest BCUT2D eigenvalue weighted by molar-refractivity contribution is -0.143. The maximum absolute atomic E-state index is 12.6. The average Bonchev–Trinajstić information content (AvgIpc) is 2.97. The normalized spacial score (nSPS) is 14.0. The number of carboxylic acids is 1. The first-order valence-corrected chi connectivity index (χ1v) is 10.1. The number of nitrogens with zero attached hydrogens (tertiary/aromatic N) is 1. The van der Waals surface area contributed by atoms with Gasteiger partial charge in [0.25, 0.3) is 0 Å². The number of aliphatic carboxylic acids is 1. The van der Waals surface area contributed by atoms with Crippen molar-refractivity contribution in [3.05, 3.63) is 36.0 Å². The maximum atomic E-state index is 12.6. The van der Waals surface area contributed by atoms with Crippen LogP contribution in [0.2, 0.25) is 0 Å². The van der Waals surface area contributed by atoms with Crippen molar-refractivity contribution in [2.24, 2.45) is 0 Å². The number of H-pyrrole nitrogens is 1. The molecule has 2 aromatic rings. The van der Waals surface area contributed by atoms with Crippen LogP contribution < -0.4 is 0 Å². The SMILES string of the molecule is CCC(c1c[nH]c2ccccc12)C(C(=O)O)N(CI)C(=O)OC(C)(C)C. The molecule has 0 bridgehead atoms. The highest BCUT2D eigenvalue weighted by Gasteiger charge is 2.39. The van der Waals surface area contributed by atoms with Crippen LogP contribution in [-0.4, -0.2) is 43.2 Å². The van der Waals surface area contributed by atoms with E-state index in [9.17, 15) is 14.7 Å². The number of alkyl halides is 1. The molecule has 0 saturated heterocycles. The lowest BCUT2D eigenvalue weighted by Crippen LogP contribution is -2.49. The highest BCUT2D eigenvalue weighted by atomic mass is 127. The molecule has 2 rings (SSSR count). The number of carbonyl (C=O) groups is 2. The first-order chi connectivity index (χ1) is 12.2. The Kier molecular flexibility index (Phi) is 6.54. The monoisotopic (exact) mass is 472 g/mol. The van der Waals surface area contributed by atoms with E-state index in [2.05, 4.69) is 4.98 Å². The van der Waals surface area contributed by atoms with Crippen LogP contribution in [0.3, 0.4) is 0 Å². The number of rotatable bonds is 6. The molecular weight excluding hydrogens is 447 g/mol. The number of benzene rings is 1. The summed E-state index contributed by atoms with van der Waals surface area (Å²) in [6.45, 7) is 7.23. The number of hydrogen-bond acceptors (Lipinski definition) is 3. The third-order valence-corrected chi connectivity index (χ3v) is 4.92. The van der Waals surface area contributed by atoms with Crippen LogP contribution in [0.25, 0.3) is 10.9 Å². The van der Waals surface area contributed by atoms with Crippen LogP contribution in [0.1, 0.15) is 45.6 Å². The van der Waals surface area contributed by atoms with Gasteiger partial charge in [-0.25, -0.2) is 9.59 Å². The predicted molar refractivity (Wildman–Crippen MR) is 110 cm³/mol. The fourth-order valence-electron chi connectivity index (χ4n) is 3.09. The number of halogens is 1. The second kappa shape index (κ2) is 8.28. The van der Waals surface area contributed by atoms with Crippen LogP contribution in [0, 0.1) is 0 Å². The van der Waals surface area contributed by atoms with E-state index in [4.69, 9.17) is 4.74 Å². The molecule has 2 atom stereocenters. The summed E-state index contributed by atoms with van der Waals surface area (Å²) in [4.78, 5) is 29.2. The molecule has 0 aliphatic rings. The number of carbonyl (C=O) groups excluding carboxylic acids is 1. The van der Waals surface area contributed by atoms with Crippen LogP contribution in [0.4, 0.5) is 4.79 Å². The van der Waals surface area contributed by atoms with Crippen molar-refractivity contribution in [3.63, 3.8) is 0 Å². The number of aromatic nitrogens is 1. The van der Waals surface area contributed by atoms with E-state index in [0.717, 1.165) is 16.5 Å². The predicted octanol–water partition coefficient (Wildman–Crippen LogP) is 4.74. The molecule has 0 aliphatic carbocycles. The molecule has 0 spiro atoms. The van der Waals surface area contributed by atoms with Crippen molar-refractivity contribution >= 4 is 45.6 Å². The third-order valence-electron chi connectivity index (χ3n) is 4.19. The first-order valence-electron chi connectivity index (χ1n) is 8.54. The van der Waals surface area contributed by atoms with Gasteiger partial charge in [0.15, 0.2) is 0 Å². The molecule has 0 radical (unpaired) electrons. The summed E-state index contributed by atoms with van der Waals surface area (Å²) in [6, 6.07) is 6.75. The van der Waals surface area contributed by atoms with Gasteiger partial charge < -0.3 is 14.8 Å². The minimum absolute atomic E-state index is 0.225. The zero-order valence-corrected chi connectivity index (χ0v) is 17.6. The standard InChI is InChI=1S/C19H25IN2O4/c1-5-12(14-10-21-15-9-7-6-8-13(14)15)16(17(23)24)22(11-20)18(25)26-19(2,3)4/h6-10,12,16,21H,5,11H2,1-4H3,(H,23,24). The fraction of sp³-hybridized carbons (Fsp3) is 0.474. The van der Waals surface area contributed by atoms with Crippen molar-refractivity contribution in [3.8, 4) is 0 Å². The van der Waals surface area contributed by atoms with Crippen molar-refractivity contribution in [1.29, 1.82) is 0 Å². The first kappa shape index (κ1) is 20.5. The third kappa shape index (κ3) is 4.49. The number of ether oxygens (including phenoxy) is 1. The summed E-state index contributed by atoms with van der Waals surface area (Å²) in [5.74, 6) is -1.39. The van der Waals surface area contributed by atoms with Crippen LogP contribution >= 0.6 is 22.6 Å². The van der Waals surface area contributed by atoms with E-state index in [1.807, 2.05) is 60.0 Å². The molecule has 7 heteroatoms. The lowest BCUT2D eigenvalue weighted by atomic mass is 9.88. The van der Waals surface area contributed by atoms with E-state index in [0.29, 0.717) is 6.42 Å². The molecule has 2 N–H and O–H groups in total. The van der Waals surface area contributed by atoms with Gasteiger partial charge in [0.2, 0.25) is 0 Å². The van der Waals surface area contributed by atoms with E-state index in [1.54, 1.807) is 20.8 Å². The fourth-order valence-corrected chi connectivity index (χ4v) is 3.80. The number of para-hydroxylation sites is 1. The molecule has 1 amide bonds. The molecule has 1 aromatic carbocycles. The second-order valence-electron chi connectivity index (χ2n) is 7.16. The Balaban J connectivity index is 2.45. The average molecular weight is 472 g/mol. The van der Waals surface area contributed by atoms with Crippen molar-refractivity contribution in [2.45, 2.75) is 51.7 Å². The van der Waals surface area contributed by atoms with Gasteiger partial charge in [-0.15, -0.1) is 0 Å². The van der Waals surface area contributed by atoms with Crippen molar-refractivity contribution in [1.82, 2.24) is 9.88 Å². The number of hydrogen-bond donors (Lipinski definition) is 2.